The SMILES string of the molecule is COCC(=O)Nc1ccc(OCCCN2CC3CCCC3C2)cc1.O=C(O)C(=O)O. The van der Waals surface area contributed by atoms with Crippen LogP contribution in [0.15, 0.2) is 24.3 Å². The summed E-state index contributed by atoms with van der Waals surface area (Å²) in [7, 11) is 1.50. The number of nitrogens with zero attached hydrogens (tertiary/aromatic N) is 1. The number of aliphatic carboxylic acids is 2. The normalized spacial score (nSPS) is 20.0. The molecule has 1 aromatic rings. The van der Waals surface area contributed by atoms with Crippen LogP contribution < -0.4 is 10.1 Å². The smallest absolute Gasteiger partial charge is 0.414 e. The van der Waals surface area contributed by atoms with Crippen molar-refractivity contribution in [2.45, 2.75) is 25.7 Å². The number of carbonyl (C=O) groups excluding carboxylic acids is 1. The molecule has 0 bridgehead atoms. The van der Waals surface area contributed by atoms with Crippen molar-refractivity contribution in [2.75, 3.05) is 45.3 Å². The highest BCUT2D eigenvalue weighted by molar-refractivity contribution is 6.27. The summed E-state index contributed by atoms with van der Waals surface area (Å²) in [6, 6.07) is 7.49. The molecular weight excluding hydrogens is 392 g/mol. The van der Waals surface area contributed by atoms with Crippen LogP contribution in [0.3, 0.4) is 0 Å². The van der Waals surface area contributed by atoms with Crippen molar-refractivity contribution in [2.24, 2.45) is 11.8 Å². The number of hydrogen-bond donors (Lipinski definition) is 3. The lowest BCUT2D eigenvalue weighted by Crippen LogP contribution is -2.24. The van der Waals surface area contributed by atoms with Crippen LogP contribution in [0.1, 0.15) is 25.7 Å². The number of amides is 1. The van der Waals surface area contributed by atoms with Gasteiger partial charge in [0.1, 0.15) is 12.4 Å². The number of carbonyl (C=O) groups is 3. The fourth-order valence-corrected chi connectivity index (χ4v) is 3.96. The highest BCUT2D eigenvalue weighted by atomic mass is 16.5. The second-order valence-corrected chi connectivity index (χ2v) is 7.53. The third-order valence-electron chi connectivity index (χ3n) is 5.29. The van der Waals surface area contributed by atoms with Gasteiger partial charge in [-0.05, 0) is 55.4 Å². The molecule has 2 aliphatic rings. The minimum Gasteiger partial charge on any atom is -0.494 e. The molecule has 30 heavy (non-hydrogen) atoms. The van der Waals surface area contributed by atoms with Crippen LogP contribution in [-0.4, -0.2) is 72.9 Å². The molecule has 3 N–H and O–H groups in total. The molecule has 1 saturated carbocycles. The molecule has 1 aromatic carbocycles. The molecular formula is C21H30N2O7. The Morgan fingerprint density at radius 1 is 1.07 bits per heavy atom. The van der Waals surface area contributed by atoms with Crippen molar-refractivity contribution in [3.63, 3.8) is 0 Å². The van der Waals surface area contributed by atoms with Crippen molar-refractivity contribution in [3.8, 4) is 5.75 Å². The molecule has 2 unspecified atom stereocenters. The second-order valence-electron chi connectivity index (χ2n) is 7.53. The Balaban J connectivity index is 0.000000469. The lowest BCUT2D eigenvalue weighted by molar-refractivity contribution is -0.159. The van der Waals surface area contributed by atoms with Gasteiger partial charge in [0.25, 0.3) is 0 Å². The number of carboxylic acids is 2. The Morgan fingerprint density at radius 2 is 1.67 bits per heavy atom. The van der Waals surface area contributed by atoms with E-state index in [0.717, 1.165) is 42.8 Å². The first kappa shape index (κ1) is 23.6. The largest absolute Gasteiger partial charge is 0.494 e. The van der Waals surface area contributed by atoms with Gasteiger partial charge >= 0.3 is 11.9 Å². The van der Waals surface area contributed by atoms with E-state index in [1.807, 2.05) is 24.3 Å². The zero-order valence-electron chi connectivity index (χ0n) is 17.2. The third kappa shape index (κ3) is 8.00. The van der Waals surface area contributed by atoms with Gasteiger partial charge in [-0.1, -0.05) is 6.42 Å². The fraction of sp³-hybridized carbons (Fsp3) is 0.571. The summed E-state index contributed by atoms with van der Waals surface area (Å²) in [5, 5.41) is 17.5. The number of anilines is 1. The van der Waals surface area contributed by atoms with E-state index >= 15 is 0 Å². The molecule has 0 aromatic heterocycles. The molecule has 2 fully saturated rings. The Kier molecular flexibility index (Phi) is 9.56. The van der Waals surface area contributed by atoms with Gasteiger partial charge in [-0.3, -0.25) is 4.79 Å². The summed E-state index contributed by atoms with van der Waals surface area (Å²) in [4.78, 5) is 32.2. The predicted molar refractivity (Wildman–Crippen MR) is 110 cm³/mol. The van der Waals surface area contributed by atoms with E-state index in [9.17, 15) is 4.79 Å². The number of hydrogen-bond acceptors (Lipinski definition) is 6. The Morgan fingerprint density at radius 3 is 2.20 bits per heavy atom. The number of carboxylic acid groups (broad SMARTS) is 2. The Hall–Kier alpha value is -2.65. The average Bonchev–Trinajstić information content (AvgIpc) is 3.29. The highest BCUT2D eigenvalue weighted by Gasteiger charge is 2.35. The van der Waals surface area contributed by atoms with Gasteiger partial charge in [-0.2, -0.15) is 0 Å². The van der Waals surface area contributed by atoms with Gasteiger partial charge in [-0.15, -0.1) is 0 Å². The van der Waals surface area contributed by atoms with Gasteiger partial charge in [0.2, 0.25) is 5.91 Å². The zero-order valence-corrected chi connectivity index (χ0v) is 17.2. The van der Waals surface area contributed by atoms with E-state index in [-0.39, 0.29) is 12.5 Å². The number of benzene rings is 1. The predicted octanol–water partition coefficient (Wildman–Crippen LogP) is 1.93. The molecule has 9 nitrogen and oxygen atoms in total. The maximum atomic E-state index is 11.4. The second kappa shape index (κ2) is 12.1. The Labute approximate surface area is 176 Å². The minimum atomic E-state index is -1.82. The van der Waals surface area contributed by atoms with E-state index in [2.05, 4.69) is 10.2 Å². The van der Waals surface area contributed by atoms with Crippen LogP contribution in [0.4, 0.5) is 5.69 Å². The van der Waals surface area contributed by atoms with Crippen LogP contribution in [0.5, 0.6) is 5.75 Å². The third-order valence-corrected chi connectivity index (χ3v) is 5.29. The first-order valence-electron chi connectivity index (χ1n) is 10.1. The van der Waals surface area contributed by atoms with Gasteiger partial charge in [0, 0.05) is 32.4 Å². The molecule has 1 heterocycles. The van der Waals surface area contributed by atoms with E-state index in [4.69, 9.17) is 29.3 Å². The molecule has 1 saturated heterocycles. The van der Waals surface area contributed by atoms with E-state index in [1.54, 1.807) is 0 Å². The summed E-state index contributed by atoms with van der Waals surface area (Å²) in [6.45, 7) is 4.52. The standard InChI is InChI=1S/C19H28N2O3.C2H2O4/c1-23-14-19(22)20-17-6-8-18(9-7-17)24-11-3-10-21-12-15-4-2-5-16(15)13-21;3-1(4)2(5)6/h6-9,15-16H,2-5,10-14H2,1H3,(H,20,22);(H,3,4)(H,5,6). The number of rotatable bonds is 8. The summed E-state index contributed by atoms with van der Waals surface area (Å²) in [6.07, 6.45) is 5.37. The molecule has 0 spiro atoms. The average molecular weight is 422 g/mol. The molecule has 3 rings (SSSR count). The van der Waals surface area contributed by atoms with E-state index in [0.29, 0.717) is 0 Å². The molecule has 2 atom stereocenters. The van der Waals surface area contributed by atoms with Crippen molar-refractivity contribution in [1.29, 1.82) is 0 Å². The van der Waals surface area contributed by atoms with Crippen molar-refractivity contribution >= 4 is 23.5 Å². The topological polar surface area (TPSA) is 125 Å². The first-order chi connectivity index (χ1) is 14.4. The minimum absolute atomic E-state index is 0.0659. The molecule has 0 radical (unpaired) electrons. The maximum Gasteiger partial charge on any atom is 0.414 e. The summed E-state index contributed by atoms with van der Waals surface area (Å²) in [5.74, 6) is -1.02. The molecule has 1 aliphatic carbocycles. The quantitative estimate of drug-likeness (QED) is 0.429. The van der Waals surface area contributed by atoms with E-state index < -0.39 is 11.9 Å². The van der Waals surface area contributed by atoms with Gasteiger partial charge in [-0.25, -0.2) is 9.59 Å². The number of fused-ring (bicyclic) bond motifs is 1. The highest BCUT2D eigenvalue weighted by Crippen LogP contribution is 2.37. The monoisotopic (exact) mass is 422 g/mol. The van der Waals surface area contributed by atoms with Crippen LogP contribution >= 0.6 is 0 Å². The molecule has 9 heteroatoms. The van der Waals surface area contributed by atoms with Gasteiger partial charge in [0.05, 0.1) is 6.61 Å². The van der Waals surface area contributed by atoms with Crippen molar-refractivity contribution in [3.05, 3.63) is 24.3 Å². The number of nitrogens with one attached hydrogen (secondary N) is 1. The number of likely N-dealkylation sites (tertiary alicyclic amines) is 1. The van der Waals surface area contributed by atoms with Crippen molar-refractivity contribution < 1.29 is 34.1 Å². The van der Waals surface area contributed by atoms with Crippen LogP contribution in [-0.2, 0) is 19.1 Å². The van der Waals surface area contributed by atoms with Crippen LogP contribution in [0, 0.1) is 11.8 Å². The number of methoxy groups -OCH3 is 1. The van der Waals surface area contributed by atoms with Gasteiger partial charge < -0.3 is 29.9 Å². The van der Waals surface area contributed by atoms with E-state index in [1.165, 1.54) is 39.5 Å². The fourth-order valence-electron chi connectivity index (χ4n) is 3.96. The lowest BCUT2D eigenvalue weighted by atomic mass is 10.0. The summed E-state index contributed by atoms with van der Waals surface area (Å²) in [5.41, 5.74) is 0.757. The molecule has 1 aliphatic heterocycles. The maximum absolute atomic E-state index is 11.4. The Bertz CT molecular complexity index is 684. The first-order valence-corrected chi connectivity index (χ1v) is 10.1. The lowest BCUT2D eigenvalue weighted by Gasteiger charge is -2.16. The summed E-state index contributed by atoms with van der Waals surface area (Å²) >= 11 is 0. The zero-order chi connectivity index (χ0) is 21.9. The van der Waals surface area contributed by atoms with Crippen molar-refractivity contribution in [1.82, 2.24) is 4.90 Å². The van der Waals surface area contributed by atoms with Crippen LogP contribution in [0.25, 0.3) is 0 Å². The summed E-state index contributed by atoms with van der Waals surface area (Å²) < 4.78 is 10.6. The molecule has 166 valence electrons. The molecule has 1 amide bonds. The van der Waals surface area contributed by atoms with Crippen LogP contribution in [0.2, 0.25) is 0 Å². The van der Waals surface area contributed by atoms with Gasteiger partial charge in [0.15, 0.2) is 0 Å². The number of ether oxygens (including phenoxy) is 2.